The fraction of sp³-hybridized carbons (Fsp3) is 0.368. The zero-order chi connectivity index (χ0) is 18.3. The van der Waals surface area contributed by atoms with Gasteiger partial charge in [0.25, 0.3) is 5.91 Å². The molecule has 0 atom stereocenters. The predicted molar refractivity (Wildman–Crippen MR) is 99.1 cm³/mol. The standard InChI is InChI=1S/C19H23ClN2O3/c1-19(2,25-16-10-8-15(20)9-11-16)18(24)21-12-4-6-14-22-13-5-3-7-17(22)23/h3,5,7-11,13H,4,6,12,14H2,1-2H3,(H,21,24). The lowest BCUT2D eigenvalue weighted by atomic mass is 10.1. The van der Waals surface area contributed by atoms with Gasteiger partial charge in [0.2, 0.25) is 5.56 Å². The van der Waals surface area contributed by atoms with E-state index in [1.54, 1.807) is 61.0 Å². The summed E-state index contributed by atoms with van der Waals surface area (Å²) in [5.41, 5.74) is -0.992. The number of hydrogen-bond acceptors (Lipinski definition) is 3. The Morgan fingerprint density at radius 3 is 2.56 bits per heavy atom. The summed E-state index contributed by atoms with van der Waals surface area (Å²) in [6.07, 6.45) is 3.36. The van der Waals surface area contributed by atoms with Gasteiger partial charge in [-0.15, -0.1) is 0 Å². The van der Waals surface area contributed by atoms with Crippen LogP contribution in [0.2, 0.25) is 5.02 Å². The molecule has 2 aromatic rings. The second-order valence-electron chi connectivity index (χ2n) is 6.26. The fourth-order valence-electron chi connectivity index (χ4n) is 2.31. The van der Waals surface area contributed by atoms with Crippen LogP contribution in [0.5, 0.6) is 5.75 Å². The molecule has 25 heavy (non-hydrogen) atoms. The maximum atomic E-state index is 12.3. The number of halogens is 1. The topological polar surface area (TPSA) is 60.3 Å². The van der Waals surface area contributed by atoms with Crippen LogP contribution in [-0.4, -0.2) is 22.6 Å². The van der Waals surface area contributed by atoms with Crippen molar-refractivity contribution in [2.45, 2.75) is 38.8 Å². The third-order valence-corrected chi connectivity index (χ3v) is 4.00. The van der Waals surface area contributed by atoms with Crippen molar-refractivity contribution in [1.29, 1.82) is 0 Å². The van der Waals surface area contributed by atoms with E-state index in [1.165, 1.54) is 0 Å². The summed E-state index contributed by atoms with van der Waals surface area (Å²) in [6.45, 7) is 4.62. The number of rotatable bonds is 8. The summed E-state index contributed by atoms with van der Waals surface area (Å²) in [7, 11) is 0. The molecule has 1 heterocycles. The van der Waals surface area contributed by atoms with Crippen LogP contribution in [0.15, 0.2) is 53.5 Å². The van der Waals surface area contributed by atoms with Crippen molar-refractivity contribution in [3.63, 3.8) is 0 Å². The quantitative estimate of drug-likeness (QED) is 0.733. The molecule has 1 N–H and O–H groups in total. The zero-order valence-electron chi connectivity index (χ0n) is 14.5. The minimum Gasteiger partial charge on any atom is -0.478 e. The molecule has 0 fully saturated rings. The summed E-state index contributed by atoms with van der Waals surface area (Å²) in [6, 6.07) is 12.0. The van der Waals surface area contributed by atoms with E-state index in [2.05, 4.69) is 5.32 Å². The summed E-state index contributed by atoms with van der Waals surface area (Å²) in [5.74, 6) is 0.410. The third kappa shape index (κ3) is 5.94. The number of pyridine rings is 1. The molecule has 0 aliphatic carbocycles. The van der Waals surface area contributed by atoms with Gasteiger partial charge in [0.05, 0.1) is 0 Å². The van der Waals surface area contributed by atoms with Gasteiger partial charge in [0.15, 0.2) is 5.60 Å². The number of benzene rings is 1. The molecule has 0 radical (unpaired) electrons. The lowest BCUT2D eigenvalue weighted by Crippen LogP contribution is -2.46. The number of aromatic nitrogens is 1. The van der Waals surface area contributed by atoms with E-state index in [-0.39, 0.29) is 11.5 Å². The molecule has 5 nitrogen and oxygen atoms in total. The first-order valence-corrected chi connectivity index (χ1v) is 8.65. The maximum absolute atomic E-state index is 12.3. The molecule has 1 amide bonds. The predicted octanol–water partition coefficient (Wildman–Crippen LogP) is 3.26. The van der Waals surface area contributed by atoms with Crippen LogP contribution in [0.3, 0.4) is 0 Å². The number of ether oxygens (including phenoxy) is 1. The highest BCUT2D eigenvalue weighted by atomic mass is 35.5. The van der Waals surface area contributed by atoms with Crippen LogP contribution in [0.4, 0.5) is 0 Å². The Bertz CT molecular complexity index is 754. The van der Waals surface area contributed by atoms with E-state index in [9.17, 15) is 9.59 Å². The molecule has 0 saturated carbocycles. The Morgan fingerprint density at radius 2 is 1.88 bits per heavy atom. The fourth-order valence-corrected chi connectivity index (χ4v) is 2.44. The van der Waals surface area contributed by atoms with Crippen LogP contribution in [0.25, 0.3) is 0 Å². The van der Waals surface area contributed by atoms with E-state index in [0.717, 1.165) is 12.8 Å². The highest BCUT2D eigenvalue weighted by Gasteiger charge is 2.29. The van der Waals surface area contributed by atoms with Crippen molar-refractivity contribution in [2.24, 2.45) is 0 Å². The first-order chi connectivity index (χ1) is 11.9. The van der Waals surface area contributed by atoms with Crippen molar-refractivity contribution in [2.75, 3.05) is 6.54 Å². The molecule has 6 heteroatoms. The number of carbonyl (C=O) groups is 1. The van der Waals surface area contributed by atoms with Gasteiger partial charge in [-0.3, -0.25) is 9.59 Å². The normalized spacial score (nSPS) is 11.2. The van der Waals surface area contributed by atoms with Gasteiger partial charge in [-0.25, -0.2) is 0 Å². The van der Waals surface area contributed by atoms with Gasteiger partial charge >= 0.3 is 0 Å². The molecule has 0 bridgehead atoms. The highest BCUT2D eigenvalue weighted by molar-refractivity contribution is 6.30. The van der Waals surface area contributed by atoms with E-state index >= 15 is 0 Å². The minimum absolute atomic E-state index is 0.0102. The molecule has 1 aromatic heterocycles. The van der Waals surface area contributed by atoms with Crippen molar-refractivity contribution in [1.82, 2.24) is 9.88 Å². The zero-order valence-corrected chi connectivity index (χ0v) is 15.3. The highest BCUT2D eigenvalue weighted by Crippen LogP contribution is 2.20. The van der Waals surface area contributed by atoms with Crippen molar-refractivity contribution >= 4 is 17.5 Å². The SMILES string of the molecule is CC(C)(Oc1ccc(Cl)cc1)C(=O)NCCCCn1ccccc1=O. The third-order valence-electron chi connectivity index (χ3n) is 3.74. The summed E-state index contributed by atoms with van der Waals surface area (Å²) in [4.78, 5) is 23.9. The monoisotopic (exact) mass is 362 g/mol. The number of nitrogens with one attached hydrogen (secondary N) is 1. The Labute approximate surface area is 152 Å². The number of carbonyl (C=O) groups excluding carboxylic acids is 1. The smallest absolute Gasteiger partial charge is 0.263 e. The van der Waals surface area contributed by atoms with Crippen molar-refractivity contribution < 1.29 is 9.53 Å². The van der Waals surface area contributed by atoms with E-state index in [0.29, 0.717) is 23.9 Å². The van der Waals surface area contributed by atoms with Crippen LogP contribution < -0.4 is 15.6 Å². The Balaban J connectivity index is 1.74. The van der Waals surface area contributed by atoms with Crippen LogP contribution in [0, 0.1) is 0 Å². The molecule has 0 spiro atoms. The summed E-state index contributed by atoms with van der Waals surface area (Å²) >= 11 is 5.84. The average Bonchev–Trinajstić information content (AvgIpc) is 2.58. The average molecular weight is 363 g/mol. The molecule has 0 aliphatic rings. The van der Waals surface area contributed by atoms with Gasteiger partial charge in [-0.1, -0.05) is 17.7 Å². The van der Waals surface area contributed by atoms with Gasteiger partial charge in [0, 0.05) is 30.4 Å². The lowest BCUT2D eigenvalue weighted by Gasteiger charge is -2.25. The first-order valence-electron chi connectivity index (χ1n) is 8.27. The van der Waals surface area contributed by atoms with E-state index in [1.807, 2.05) is 6.07 Å². The maximum Gasteiger partial charge on any atom is 0.263 e. The van der Waals surface area contributed by atoms with Crippen LogP contribution >= 0.6 is 11.6 Å². The van der Waals surface area contributed by atoms with Crippen molar-refractivity contribution in [3.05, 3.63) is 64.0 Å². The van der Waals surface area contributed by atoms with Crippen molar-refractivity contribution in [3.8, 4) is 5.75 Å². The second kappa shape index (κ2) is 8.72. The summed E-state index contributed by atoms with van der Waals surface area (Å²) < 4.78 is 7.41. The molecule has 1 aromatic carbocycles. The Morgan fingerprint density at radius 1 is 1.16 bits per heavy atom. The van der Waals surface area contributed by atoms with E-state index < -0.39 is 5.60 Å². The Kier molecular flexibility index (Phi) is 6.65. The van der Waals surface area contributed by atoms with Gasteiger partial charge in [-0.05, 0) is 57.0 Å². The number of hydrogen-bond donors (Lipinski definition) is 1. The molecular weight excluding hydrogens is 340 g/mol. The van der Waals surface area contributed by atoms with Crippen LogP contribution in [-0.2, 0) is 11.3 Å². The van der Waals surface area contributed by atoms with Gasteiger partial charge < -0.3 is 14.6 Å². The molecule has 0 aliphatic heterocycles. The molecule has 0 unspecified atom stereocenters. The van der Waals surface area contributed by atoms with Gasteiger partial charge in [-0.2, -0.15) is 0 Å². The first kappa shape index (κ1) is 19.1. The minimum atomic E-state index is -0.982. The largest absolute Gasteiger partial charge is 0.478 e. The molecule has 134 valence electrons. The molecule has 0 saturated heterocycles. The number of aryl methyl sites for hydroxylation is 1. The lowest BCUT2D eigenvalue weighted by molar-refractivity contribution is -0.134. The summed E-state index contributed by atoms with van der Waals surface area (Å²) in [5, 5.41) is 3.50. The van der Waals surface area contributed by atoms with Gasteiger partial charge in [0.1, 0.15) is 5.75 Å². The number of unbranched alkanes of at least 4 members (excludes halogenated alkanes) is 1. The number of nitrogens with zero attached hydrogens (tertiary/aromatic N) is 1. The second-order valence-corrected chi connectivity index (χ2v) is 6.70. The number of amides is 1. The van der Waals surface area contributed by atoms with E-state index in [4.69, 9.17) is 16.3 Å². The Hall–Kier alpha value is -2.27. The van der Waals surface area contributed by atoms with Crippen LogP contribution in [0.1, 0.15) is 26.7 Å². The molecule has 2 rings (SSSR count). The molecular formula is C19H23ClN2O3.